The fourth-order valence-corrected chi connectivity index (χ4v) is 9.57. The van der Waals surface area contributed by atoms with E-state index in [0.717, 1.165) is 40.4 Å². The Morgan fingerprint density at radius 1 is 0.941 bits per heavy atom. The van der Waals surface area contributed by atoms with Crippen LogP contribution in [0.2, 0.25) is 0 Å². The molecule has 1 unspecified atom stereocenters. The molecule has 1 aromatic heterocycles. The maximum Gasteiger partial charge on any atom is 0.490 e. The normalized spacial score (nSPS) is 18.7. The maximum absolute atomic E-state index is 15.1. The van der Waals surface area contributed by atoms with Crippen molar-refractivity contribution in [1.82, 2.24) is 14.4 Å². The molecule has 1 saturated carbocycles. The summed E-state index contributed by atoms with van der Waals surface area (Å²) in [4.78, 5) is 88.1. The number of Topliss-reactive ketones (excluding diaryl/α,β-unsaturated/α-hetero) is 2. The monoisotopic (exact) mass is 979 g/mol. The third-order valence-electron chi connectivity index (χ3n) is 11.9. The van der Waals surface area contributed by atoms with Gasteiger partial charge < -0.3 is 36.3 Å². The van der Waals surface area contributed by atoms with Crippen molar-refractivity contribution < 1.29 is 70.8 Å². The SMILES string of the molecule is CC(C)(C)[C@H](c1cc(-c2cc(F)ccc2F)cn1Cc1ccccc1)N(CC[C@H](N)C(=O)C[C@H]1CC[C@@H](C(=O)CCCN2C(=O)CC(SC[C@H](N)C(=O)O)C2=O)C1)C(=O)CO.O=C(O)C(F)(F)F. The fourth-order valence-electron chi connectivity index (χ4n) is 8.45. The van der Waals surface area contributed by atoms with Crippen molar-refractivity contribution in [2.45, 2.75) is 108 Å². The topological polar surface area (TPSA) is 244 Å². The Labute approximate surface area is 394 Å². The lowest BCUT2D eigenvalue weighted by Crippen LogP contribution is -2.46. The van der Waals surface area contributed by atoms with E-state index in [1.54, 1.807) is 12.3 Å². The summed E-state index contributed by atoms with van der Waals surface area (Å²) >= 11 is 1.04. The second-order valence-corrected chi connectivity index (χ2v) is 19.3. The van der Waals surface area contributed by atoms with Crippen LogP contribution >= 0.6 is 11.8 Å². The number of likely N-dealkylation sites (tertiary alicyclic amines) is 1. The largest absolute Gasteiger partial charge is 0.490 e. The molecule has 0 spiro atoms. The smallest absolute Gasteiger partial charge is 0.480 e. The van der Waals surface area contributed by atoms with Crippen LogP contribution in [-0.2, 0) is 40.1 Å². The molecule has 1 saturated heterocycles. The van der Waals surface area contributed by atoms with E-state index < -0.39 is 77.0 Å². The zero-order valence-electron chi connectivity index (χ0n) is 37.9. The summed E-state index contributed by atoms with van der Waals surface area (Å²) in [5.41, 5.74) is 13.4. The minimum Gasteiger partial charge on any atom is -0.480 e. The average Bonchev–Trinajstić information content (AvgIpc) is 3.98. The summed E-state index contributed by atoms with van der Waals surface area (Å²) in [5.74, 6) is -7.04. The summed E-state index contributed by atoms with van der Waals surface area (Å²) < 4.78 is 63.1. The predicted molar refractivity (Wildman–Crippen MR) is 240 cm³/mol. The number of nitrogens with zero attached hydrogens (tertiary/aromatic N) is 3. The number of carbonyl (C=O) groups excluding carboxylic acids is 5. The summed E-state index contributed by atoms with van der Waals surface area (Å²) in [6.45, 7) is 5.48. The van der Waals surface area contributed by atoms with Crippen molar-refractivity contribution in [3.8, 4) is 11.1 Å². The van der Waals surface area contributed by atoms with Gasteiger partial charge in [0.05, 0.1) is 17.3 Å². The fraction of sp³-hybridized carbons (Fsp3) is 0.511. The van der Waals surface area contributed by atoms with Gasteiger partial charge in [0.25, 0.3) is 0 Å². The number of aliphatic hydroxyl groups excluding tert-OH is 1. The molecule has 2 fully saturated rings. The Balaban J connectivity index is 0.00000133. The van der Waals surface area contributed by atoms with Crippen LogP contribution in [0.1, 0.15) is 89.4 Å². The van der Waals surface area contributed by atoms with Crippen molar-refractivity contribution >= 4 is 53.0 Å². The molecule has 0 bridgehead atoms. The van der Waals surface area contributed by atoms with Gasteiger partial charge in [-0.15, -0.1) is 11.8 Å². The van der Waals surface area contributed by atoms with Gasteiger partial charge in [0.2, 0.25) is 17.7 Å². The second-order valence-electron chi connectivity index (χ2n) is 18.1. The number of thioether (sulfide) groups is 1. The number of rotatable bonds is 21. The Hall–Kier alpha value is -5.51. The van der Waals surface area contributed by atoms with E-state index in [1.165, 1.54) is 4.90 Å². The third-order valence-corrected chi connectivity index (χ3v) is 13.2. The van der Waals surface area contributed by atoms with Gasteiger partial charge in [0, 0.05) is 73.6 Å². The van der Waals surface area contributed by atoms with E-state index in [0.29, 0.717) is 43.5 Å². The predicted octanol–water partition coefficient (Wildman–Crippen LogP) is 5.74. The number of carboxylic acid groups (broad SMARTS) is 2. The van der Waals surface area contributed by atoms with Crippen molar-refractivity contribution in [3.63, 3.8) is 0 Å². The standard InChI is InChI=1S/C45H57F2N5O8S.C2HF3O2/c1-45(2,3)42(36-20-30(32-21-31(46)13-14-33(32)47)24-50(36)23-27-8-5-4-6-9-27)51(41(57)25-53)17-15-34(48)38(55)19-28-11-12-29(18-28)37(54)10-7-16-52-40(56)22-39(43(52)58)61-26-35(49)44(59)60;3-2(4,5)1(6)7/h4-6,8-9,13-14,20-21,24,28-29,34-35,39,42,53H,7,10-12,15-19,22-23,25-26,48-49H2,1-3H3,(H,59,60);(H,6,7)/t28-,29+,34-,35-,39?,42-;/m0./s1. The van der Waals surface area contributed by atoms with E-state index in [-0.39, 0.29) is 79.4 Å². The zero-order valence-corrected chi connectivity index (χ0v) is 38.7. The number of halogens is 5. The number of aromatic nitrogens is 1. The minimum absolute atomic E-state index is 0.00288. The second kappa shape index (κ2) is 24.2. The molecule has 5 rings (SSSR count). The number of imide groups is 1. The molecular formula is C47H58F5N5O10S. The number of hydrogen-bond donors (Lipinski definition) is 5. The van der Waals surface area contributed by atoms with Gasteiger partial charge in [0.15, 0.2) is 0 Å². The van der Waals surface area contributed by atoms with Gasteiger partial charge in [-0.1, -0.05) is 51.1 Å². The maximum atomic E-state index is 15.1. The van der Waals surface area contributed by atoms with Crippen molar-refractivity contribution in [1.29, 1.82) is 0 Å². The first-order valence-corrected chi connectivity index (χ1v) is 23.0. The molecule has 1 aliphatic heterocycles. The van der Waals surface area contributed by atoms with Gasteiger partial charge in [-0.25, -0.2) is 13.6 Å². The molecule has 15 nitrogen and oxygen atoms in total. The average molecular weight is 980 g/mol. The molecule has 0 radical (unpaired) electrons. The molecular weight excluding hydrogens is 922 g/mol. The van der Waals surface area contributed by atoms with Crippen molar-refractivity contribution in [2.75, 3.05) is 25.4 Å². The van der Waals surface area contributed by atoms with Crippen LogP contribution in [0.3, 0.4) is 0 Å². The first-order valence-electron chi connectivity index (χ1n) is 22.0. The van der Waals surface area contributed by atoms with E-state index in [9.17, 15) is 51.4 Å². The van der Waals surface area contributed by atoms with Crippen LogP contribution in [0, 0.1) is 28.9 Å². The van der Waals surface area contributed by atoms with E-state index >= 15 is 4.39 Å². The molecule has 3 aromatic rings. The zero-order chi connectivity index (χ0) is 50.7. The Morgan fingerprint density at radius 2 is 1.60 bits per heavy atom. The van der Waals surface area contributed by atoms with E-state index in [2.05, 4.69) is 0 Å². The summed E-state index contributed by atoms with van der Waals surface area (Å²) in [7, 11) is 0. The first-order chi connectivity index (χ1) is 31.8. The number of amides is 3. The molecule has 68 heavy (non-hydrogen) atoms. The van der Waals surface area contributed by atoms with E-state index in [4.69, 9.17) is 26.5 Å². The molecule has 2 aromatic carbocycles. The molecule has 1 aliphatic carbocycles. The quantitative estimate of drug-likeness (QED) is 0.0633. The third kappa shape index (κ3) is 15.2. The number of carbonyl (C=O) groups is 7. The highest BCUT2D eigenvalue weighted by Gasteiger charge is 2.41. The van der Waals surface area contributed by atoms with Crippen LogP contribution in [0.15, 0.2) is 60.8 Å². The summed E-state index contributed by atoms with van der Waals surface area (Å²) in [5, 5.41) is 25.6. The number of ketones is 2. The molecule has 7 N–H and O–H groups in total. The van der Waals surface area contributed by atoms with Gasteiger partial charge in [-0.2, -0.15) is 13.2 Å². The Kier molecular flexibility index (Phi) is 19.6. The molecule has 21 heteroatoms. The number of alkyl halides is 3. The van der Waals surface area contributed by atoms with Gasteiger partial charge in [0.1, 0.15) is 35.8 Å². The van der Waals surface area contributed by atoms with Crippen LogP contribution in [0.25, 0.3) is 11.1 Å². The van der Waals surface area contributed by atoms with Gasteiger partial charge >= 0.3 is 18.1 Å². The highest BCUT2D eigenvalue weighted by Crippen LogP contribution is 2.42. The number of nitrogens with two attached hydrogens (primary N) is 2. The van der Waals surface area contributed by atoms with Gasteiger partial charge in [-0.3, -0.25) is 33.7 Å². The van der Waals surface area contributed by atoms with Gasteiger partial charge in [-0.05, 0) is 73.3 Å². The highest BCUT2D eigenvalue weighted by atomic mass is 32.2. The molecule has 6 atom stereocenters. The summed E-state index contributed by atoms with van der Waals surface area (Å²) in [6, 6.07) is 11.8. The number of carboxylic acids is 2. The lowest BCUT2D eigenvalue weighted by molar-refractivity contribution is -0.192. The van der Waals surface area contributed by atoms with E-state index in [1.807, 2.05) is 55.7 Å². The number of benzene rings is 2. The number of aliphatic carboxylic acids is 2. The number of aliphatic hydroxyl groups is 1. The van der Waals surface area contributed by atoms with Crippen LogP contribution < -0.4 is 11.5 Å². The Bertz CT molecular complexity index is 2290. The van der Waals surface area contributed by atoms with Crippen LogP contribution in [0.5, 0.6) is 0 Å². The lowest BCUT2D eigenvalue weighted by Gasteiger charge is -2.41. The molecule has 3 amide bonds. The minimum atomic E-state index is -5.08. The first kappa shape index (κ1) is 55.1. The molecule has 2 heterocycles. The Morgan fingerprint density at radius 3 is 2.21 bits per heavy atom. The highest BCUT2D eigenvalue weighted by molar-refractivity contribution is 8.00. The summed E-state index contributed by atoms with van der Waals surface area (Å²) in [6.07, 6.45) is -0.911. The lowest BCUT2D eigenvalue weighted by atomic mass is 9.82. The number of hydrogen-bond acceptors (Lipinski definition) is 11. The molecule has 372 valence electrons. The van der Waals surface area contributed by atoms with Crippen LogP contribution in [-0.4, -0.2) is 120 Å². The molecule has 2 aliphatic rings. The van der Waals surface area contributed by atoms with Crippen molar-refractivity contribution in [3.05, 3.63) is 83.7 Å². The van der Waals surface area contributed by atoms with Crippen molar-refractivity contribution in [2.24, 2.45) is 28.7 Å². The van der Waals surface area contributed by atoms with Crippen LogP contribution in [0.4, 0.5) is 22.0 Å².